The molecular weight excluding hydrogens is 400 g/mol. The van der Waals surface area contributed by atoms with Crippen molar-refractivity contribution >= 4 is 17.6 Å². The number of nitrogens with one attached hydrogen (secondary N) is 1. The molecule has 0 unspecified atom stereocenters. The lowest BCUT2D eigenvalue weighted by Gasteiger charge is -2.23. The highest BCUT2D eigenvalue weighted by molar-refractivity contribution is 6.06. The highest BCUT2D eigenvalue weighted by Crippen LogP contribution is 2.35. The number of Topliss-reactive ketones (excluding diaryl/α,β-unsaturated/α-hetero) is 1. The van der Waals surface area contributed by atoms with Crippen LogP contribution in [0.2, 0.25) is 0 Å². The molecule has 2 aromatic rings. The highest BCUT2D eigenvalue weighted by Gasteiger charge is 2.33. The van der Waals surface area contributed by atoms with Gasteiger partial charge < -0.3 is 14.2 Å². The Kier molecular flexibility index (Phi) is 7.25. The number of nitrogens with zero attached hydrogens (tertiary/aromatic N) is 1. The minimum absolute atomic E-state index is 0.0173. The van der Waals surface area contributed by atoms with Gasteiger partial charge in [0.2, 0.25) is 5.91 Å². The van der Waals surface area contributed by atoms with Gasteiger partial charge in [0.05, 0.1) is 39.5 Å². The zero-order valence-corrected chi connectivity index (χ0v) is 17.8. The van der Waals surface area contributed by atoms with E-state index in [0.29, 0.717) is 41.3 Å². The van der Waals surface area contributed by atoms with Crippen molar-refractivity contribution in [3.05, 3.63) is 53.6 Å². The maximum absolute atomic E-state index is 13.0. The second-order valence-corrected chi connectivity index (χ2v) is 7.14. The third-order valence-corrected chi connectivity index (χ3v) is 5.29. The van der Waals surface area contributed by atoms with Crippen LogP contribution in [-0.2, 0) is 4.79 Å². The Hall–Kier alpha value is -3.39. The van der Waals surface area contributed by atoms with E-state index in [0.717, 1.165) is 6.42 Å². The molecule has 1 saturated heterocycles. The number of likely N-dealkylation sites (tertiary alicyclic amines) is 1. The minimum atomic E-state index is -0.553. The third kappa shape index (κ3) is 5.03. The lowest BCUT2D eigenvalue weighted by atomic mass is 10.1. The van der Waals surface area contributed by atoms with Crippen molar-refractivity contribution in [1.82, 2.24) is 10.2 Å². The summed E-state index contributed by atoms with van der Waals surface area (Å²) in [6.45, 7) is 0.600. The van der Waals surface area contributed by atoms with Crippen molar-refractivity contribution in [2.24, 2.45) is 0 Å². The molecule has 1 atom stereocenters. The summed E-state index contributed by atoms with van der Waals surface area (Å²) in [5, 5.41) is 2.44. The maximum atomic E-state index is 13.0. The molecule has 1 aliphatic rings. The van der Waals surface area contributed by atoms with Gasteiger partial charge >= 0.3 is 0 Å². The second kappa shape index (κ2) is 10.1. The molecule has 164 valence electrons. The summed E-state index contributed by atoms with van der Waals surface area (Å²) < 4.78 is 15.9. The first-order valence-electron chi connectivity index (χ1n) is 9.96. The molecule has 1 N–H and O–H groups in total. The van der Waals surface area contributed by atoms with Gasteiger partial charge in [0.1, 0.15) is 5.75 Å². The molecule has 0 aromatic heterocycles. The molecule has 0 radical (unpaired) electrons. The van der Waals surface area contributed by atoms with Crippen molar-refractivity contribution in [3.8, 4) is 17.2 Å². The van der Waals surface area contributed by atoms with Gasteiger partial charge in [-0.15, -0.1) is 0 Å². The average molecular weight is 426 g/mol. The summed E-state index contributed by atoms with van der Waals surface area (Å²) in [4.78, 5) is 39.9. The molecule has 2 amide bonds. The summed E-state index contributed by atoms with van der Waals surface area (Å²) in [5.41, 5.74) is 0.748. The third-order valence-electron chi connectivity index (χ3n) is 5.29. The van der Waals surface area contributed by atoms with E-state index in [1.807, 2.05) is 0 Å². The van der Waals surface area contributed by atoms with Crippen molar-refractivity contribution in [2.45, 2.75) is 18.9 Å². The standard InChI is InChI=1S/C23H26N2O6/c1-29-19-13-21(31-3)20(30-2)12-16(19)18(26)14-25-11-7-10-17(25)23(28)24-22(27)15-8-5-4-6-9-15/h4-6,8-9,12-13,17H,7,10-11,14H2,1-3H3,(H,24,27,28)/t17-/m1/s1. The monoisotopic (exact) mass is 426 g/mol. The molecule has 2 aromatic carbocycles. The van der Waals surface area contributed by atoms with E-state index in [4.69, 9.17) is 14.2 Å². The van der Waals surface area contributed by atoms with Crippen LogP contribution in [0.1, 0.15) is 33.6 Å². The van der Waals surface area contributed by atoms with Crippen molar-refractivity contribution in [2.75, 3.05) is 34.4 Å². The van der Waals surface area contributed by atoms with Gasteiger partial charge in [0.25, 0.3) is 5.91 Å². The Labute approximate surface area is 181 Å². The van der Waals surface area contributed by atoms with Crippen LogP contribution in [0.5, 0.6) is 17.2 Å². The van der Waals surface area contributed by atoms with Crippen LogP contribution in [0.25, 0.3) is 0 Å². The number of ketones is 1. The molecule has 0 saturated carbocycles. The molecule has 8 nitrogen and oxygen atoms in total. The van der Waals surface area contributed by atoms with Crippen LogP contribution in [-0.4, -0.2) is 63.0 Å². The number of ether oxygens (including phenoxy) is 3. The molecule has 1 fully saturated rings. The van der Waals surface area contributed by atoms with Crippen LogP contribution in [0.4, 0.5) is 0 Å². The first-order chi connectivity index (χ1) is 15.0. The molecule has 0 bridgehead atoms. The number of imide groups is 1. The molecule has 0 spiro atoms. The zero-order valence-electron chi connectivity index (χ0n) is 17.8. The quantitative estimate of drug-likeness (QED) is 0.511. The zero-order chi connectivity index (χ0) is 22.4. The fourth-order valence-electron chi connectivity index (χ4n) is 3.69. The molecular formula is C23H26N2O6. The number of amides is 2. The first kappa shape index (κ1) is 22.3. The van der Waals surface area contributed by atoms with Crippen LogP contribution >= 0.6 is 0 Å². The predicted molar refractivity (Wildman–Crippen MR) is 114 cm³/mol. The number of carbonyl (C=O) groups excluding carboxylic acids is 3. The van der Waals surface area contributed by atoms with Gasteiger partial charge in [0.15, 0.2) is 17.3 Å². The van der Waals surface area contributed by atoms with Crippen LogP contribution in [0.15, 0.2) is 42.5 Å². The molecule has 8 heteroatoms. The van der Waals surface area contributed by atoms with Gasteiger partial charge in [-0.05, 0) is 37.6 Å². The number of hydrogen-bond donors (Lipinski definition) is 1. The Morgan fingerprint density at radius 2 is 1.61 bits per heavy atom. The van der Waals surface area contributed by atoms with E-state index in [1.165, 1.54) is 21.3 Å². The Morgan fingerprint density at radius 3 is 2.26 bits per heavy atom. The smallest absolute Gasteiger partial charge is 0.257 e. The van der Waals surface area contributed by atoms with E-state index in [9.17, 15) is 14.4 Å². The SMILES string of the molecule is COc1cc(OC)c(C(=O)CN2CCC[C@@H]2C(=O)NC(=O)c2ccccc2)cc1OC. The predicted octanol–water partition coefficient (Wildman–Crippen LogP) is 2.32. The Balaban J connectivity index is 1.72. The molecule has 1 heterocycles. The molecule has 1 aliphatic heterocycles. The van der Waals surface area contributed by atoms with E-state index in [-0.39, 0.29) is 12.3 Å². The summed E-state index contributed by atoms with van der Waals surface area (Å²) in [7, 11) is 4.46. The fraction of sp³-hybridized carbons (Fsp3) is 0.348. The summed E-state index contributed by atoms with van der Waals surface area (Å²) in [6.07, 6.45) is 1.33. The largest absolute Gasteiger partial charge is 0.496 e. The first-order valence-corrected chi connectivity index (χ1v) is 9.96. The van der Waals surface area contributed by atoms with Crippen LogP contribution in [0, 0.1) is 0 Å². The van der Waals surface area contributed by atoms with Gasteiger partial charge in [-0.2, -0.15) is 0 Å². The van der Waals surface area contributed by atoms with Crippen LogP contribution in [0.3, 0.4) is 0 Å². The van der Waals surface area contributed by atoms with Crippen molar-refractivity contribution in [3.63, 3.8) is 0 Å². The number of methoxy groups -OCH3 is 3. The van der Waals surface area contributed by atoms with E-state index < -0.39 is 17.9 Å². The van der Waals surface area contributed by atoms with E-state index >= 15 is 0 Å². The Bertz CT molecular complexity index is 960. The Morgan fingerprint density at radius 1 is 0.968 bits per heavy atom. The summed E-state index contributed by atoms with van der Waals surface area (Å²) in [5.74, 6) is 0.155. The molecule has 0 aliphatic carbocycles. The number of benzene rings is 2. The molecule has 31 heavy (non-hydrogen) atoms. The van der Waals surface area contributed by atoms with Crippen molar-refractivity contribution < 1.29 is 28.6 Å². The summed E-state index contributed by atoms with van der Waals surface area (Å²) in [6, 6.07) is 11.2. The highest BCUT2D eigenvalue weighted by atomic mass is 16.5. The van der Waals surface area contributed by atoms with E-state index in [1.54, 1.807) is 47.4 Å². The lowest BCUT2D eigenvalue weighted by Crippen LogP contribution is -2.46. The second-order valence-electron chi connectivity index (χ2n) is 7.14. The lowest BCUT2D eigenvalue weighted by molar-refractivity contribution is -0.124. The maximum Gasteiger partial charge on any atom is 0.257 e. The number of hydrogen-bond acceptors (Lipinski definition) is 7. The fourth-order valence-corrected chi connectivity index (χ4v) is 3.69. The van der Waals surface area contributed by atoms with E-state index in [2.05, 4.69) is 5.32 Å². The summed E-state index contributed by atoms with van der Waals surface area (Å²) >= 11 is 0. The minimum Gasteiger partial charge on any atom is -0.496 e. The van der Waals surface area contributed by atoms with Gasteiger partial charge in [-0.3, -0.25) is 24.6 Å². The number of carbonyl (C=O) groups is 3. The topological polar surface area (TPSA) is 94.2 Å². The van der Waals surface area contributed by atoms with Gasteiger partial charge in [0, 0.05) is 11.6 Å². The normalized spacial score (nSPS) is 15.9. The molecule has 3 rings (SSSR count). The number of rotatable bonds is 8. The van der Waals surface area contributed by atoms with Gasteiger partial charge in [-0.25, -0.2) is 0 Å². The average Bonchev–Trinajstić information content (AvgIpc) is 3.26. The van der Waals surface area contributed by atoms with Gasteiger partial charge in [-0.1, -0.05) is 18.2 Å². The van der Waals surface area contributed by atoms with Crippen molar-refractivity contribution in [1.29, 1.82) is 0 Å². The van der Waals surface area contributed by atoms with Crippen LogP contribution < -0.4 is 19.5 Å².